The van der Waals surface area contributed by atoms with Gasteiger partial charge in [0, 0.05) is 17.8 Å². The second-order valence-corrected chi connectivity index (χ2v) is 5.88. The molecule has 0 radical (unpaired) electrons. The number of nitrogens with one attached hydrogen (secondary N) is 2. The lowest BCUT2D eigenvalue weighted by Gasteiger charge is -2.08. The largest absolute Gasteiger partial charge is 0.494 e. The summed E-state index contributed by atoms with van der Waals surface area (Å²) in [6.45, 7) is 1.40. The Morgan fingerprint density at radius 3 is 2.35 bits per heavy atom. The molecular formula is C20H25N3O3. The van der Waals surface area contributed by atoms with Crippen molar-refractivity contribution in [2.75, 3.05) is 25.0 Å². The van der Waals surface area contributed by atoms with Crippen molar-refractivity contribution in [3.8, 4) is 5.75 Å². The molecule has 138 valence electrons. The first kappa shape index (κ1) is 19.3. The highest BCUT2D eigenvalue weighted by atomic mass is 16.5. The van der Waals surface area contributed by atoms with Crippen LogP contribution in [-0.4, -0.2) is 31.5 Å². The molecule has 6 nitrogen and oxygen atoms in total. The molecule has 0 bridgehead atoms. The average Bonchev–Trinajstić information content (AvgIpc) is 2.67. The van der Waals surface area contributed by atoms with Crippen LogP contribution in [0.5, 0.6) is 5.75 Å². The van der Waals surface area contributed by atoms with Crippen molar-refractivity contribution >= 4 is 17.5 Å². The predicted molar refractivity (Wildman–Crippen MR) is 102 cm³/mol. The van der Waals surface area contributed by atoms with E-state index in [1.165, 1.54) is 0 Å². The lowest BCUT2D eigenvalue weighted by molar-refractivity contribution is -0.116. The number of amides is 2. The molecule has 0 aliphatic heterocycles. The second kappa shape index (κ2) is 10.8. The number of unbranched alkanes of at least 4 members (excludes halogenated alkanes) is 2. The Morgan fingerprint density at radius 2 is 1.65 bits per heavy atom. The predicted octanol–water partition coefficient (Wildman–Crippen LogP) is 2.56. The topological polar surface area (TPSA) is 93.5 Å². The Hall–Kier alpha value is -3.02. The molecule has 2 aromatic rings. The zero-order valence-corrected chi connectivity index (χ0v) is 14.7. The van der Waals surface area contributed by atoms with Gasteiger partial charge in [0.1, 0.15) is 5.75 Å². The van der Waals surface area contributed by atoms with E-state index in [0.29, 0.717) is 18.7 Å². The third-order valence-electron chi connectivity index (χ3n) is 3.73. The van der Waals surface area contributed by atoms with Crippen LogP contribution >= 0.6 is 0 Å². The van der Waals surface area contributed by atoms with Crippen LogP contribution in [0.2, 0.25) is 0 Å². The molecule has 0 atom stereocenters. The van der Waals surface area contributed by atoms with E-state index < -0.39 is 5.91 Å². The minimum Gasteiger partial charge on any atom is -0.494 e. The van der Waals surface area contributed by atoms with Gasteiger partial charge >= 0.3 is 0 Å². The highest BCUT2D eigenvalue weighted by molar-refractivity contribution is 5.94. The van der Waals surface area contributed by atoms with Gasteiger partial charge in [0.15, 0.2) is 0 Å². The van der Waals surface area contributed by atoms with Gasteiger partial charge in [0.05, 0.1) is 13.2 Å². The van der Waals surface area contributed by atoms with E-state index in [1.807, 2.05) is 42.5 Å². The maximum Gasteiger partial charge on any atom is 0.251 e. The summed E-state index contributed by atoms with van der Waals surface area (Å²) in [5.74, 6) is 0.351. The Labute approximate surface area is 153 Å². The number of hydrogen-bond donors (Lipinski definition) is 3. The minimum absolute atomic E-state index is 0.0353. The van der Waals surface area contributed by atoms with Crippen LogP contribution in [-0.2, 0) is 4.79 Å². The molecule has 26 heavy (non-hydrogen) atoms. The van der Waals surface area contributed by atoms with Gasteiger partial charge in [-0.25, -0.2) is 0 Å². The van der Waals surface area contributed by atoms with E-state index in [-0.39, 0.29) is 12.5 Å². The smallest absolute Gasteiger partial charge is 0.251 e. The zero-order chi connectivity index (χ0) is 18.6. The van der Waals surface area contributed by atoms with Crippen LogP contribution in [0.4, 0.5) is 5.69 Å². The molecular weight excluding hydrogens is 330 g/mol. The number of ether oxygens (including phenoxy) is 1. The summed E-state index contributed by atoms with van der Waals surface area (Å²) in [4.78, 5) is 22.6. The number of nitrogens with two attached hydrogens (primary N) is 1. The number of primary amides is 1. The summed E-state index contributed by atoms with van der Waals surface area (Å²) < 4.78 is 5.68. The van der Waals surface area contributed by atoms with E-state index in [2.05, 4.69) is 10.6 Å². The molecule has 0 unspecified atom stereocenters. The molecule has 2 aromatic carbocycles. The number of anilines is 1. The van der Waals surface area contributed by atoms with Gasteiger partial charge in [-0.2, -0.15) is 0 Å². The molecule has 0 saturated heterocycles. The lowest BCUT2D eigenvalue weighted by Crippen LogP contribution is -2.24. The Bertz CT molecular complexity index is 687. The second-order valence-electron chi connectivity index (χ2n) is 5.88. The summed E-state index contributed by atoms with van der Waals surface area (Å²) >= 11 is 0. The Morgan fingerprint density at radius 1 is 0.923 bits per heavy atom. The first-order valence-electron chi connectivity index (χ1n) is 8.73. The molecule has 2 rings (SSSR count). The molecule has 0 heterocycles. The maximum atomic E-state index is 11.9. The van der Waals surface area contributed by atoms with Gasteiger partial charge < -0.3 is 21.1 Å². The highest BCUT2D eigenvalue weighted by Crippen LogP contribution is 2.15. The highest BCUT2D eigenvalue weighted by Gasteiger charge is 2.02. The molecule has 0 aromatic heterocycles. The van der Waals surface area contributed by atoms with Gasteiger partial charge in [-0.3, -0.25) is 9.59 Å². The van der Waals surface area contributed by atoms with E-state index in [1.54, 1.807) is 12.1 Å². The van der Waals surface area contributed by atoms with Crippen molar-refractivity contribution in [1.29, 1.82) is 0 Å². The average molecular weight is 355 g/mol. The van der Waals surface area contributed by atoms with Crippen molar-refractivity contribution in [3.05, 3.63) is 60.2 Å². The van der Waals surface area contributed by atoms with E-state index in [0.717, 1.165) is 30.7 Å². The third kappa shape index (κ3) is 7.25. The third-order valence-corrected chi connectivity index (χ3v) is 3.73. The molecule has 4 N–H and O–H groups in total. The first-order valence-corrected chi connectivity index (χ1v) is 8.73. The maximum absolute atomic E-state index is 11.9. The number of carbonyl (C=O) groups excluding carboxylic acids is 2. The Kier molecular flexibility index (Phi) is 7.99. The van der Waals surface area contributed by atoms with E-state index >= 15 is 0 Å². The summed E-state index contributed by atoms with van der Waals surface area (Å²) in [6.07, 6.45) is 2.81. The quantitative estimate of drug-likeness (QED) is 0.540. The van der Waals surface area contributed by atoms with Crippen molar-refractivity contribution in [2.24, 2.45) is 5.73 Å². The van der Waals surface area contributed by atoms with Gasteiger partial charge in [-0.1, -0.05) is 18.2 Å². The number of hydrogen-bond acceptors (Lipinski definition) is 4. The molecule has 0 fully saturated rings. The fraction of sp³-hybridized carbons (Fsp3) is 0.300. The van der Waals surface area contributed by atoms with E-state index in [4.69, 9.17) is 10.5 Å². The molecule has 0 aliphatic rings. The molecule has 0 saturated carbocycles. The summed E-state index contributed by atoms with van der Waals surface area (Å²) in [7, 11) is 0. The number of carbonyl (C=O) groups is 2. The lowest BCUT2D eigenvalue weighted by atomic mass is 10.2. The fourth-order valence-electron chi connectivity index (χ4n) is 2.35. The van der Waals surface area contributed by atoms with Crippen LogP contribution in [0.25, 0.3) is 0 Å². The summed E-state index contributed by atoms with van der Waals surface area (Å²) in [5, 5.41) is 5.83. The van der Waals surface area contributed by atoms with Gasteiger partial charge in [0.25, 0.3) is 5.91 Å². The summed E-state index contributed by atoms with van der Waals surface area (Å²) in [6, 6.07) is 16.6. The van der Waals surface area contributed by atoms with Gasteiger partial charge in [-0.05, 0) is 55.7 Å². The molecule has 0 spiro atoms. The SMILES string of the molecule is NC(=O)CNc1ccc(OCCCCCNC(=O)c2ccccc2)cc1. The van der Waals surface area contributed by atoms with Crippen molar-refractivity contribution < 1.29 is 14.3 Å². The van der Waals surface area contributed by atoms with Gasteiger partial charge in [-0.15, -0.1) is 0 Å². The normalized spacial score (nSPS) is 10.2. The molecule has 2 amide bonds. The van der Waals surface area contributed by atoms with Crippen molar-refractivity contribution in [3.63, 3.8) is 0 Å². The molecule has 0 aliphatic carbocycles. The van der Waals surface area contributed by atoms with Crippen LogP contribution in [0.1, 0.15) is 29.6 Å². The van der Waals surface area contributed by atoms with Gasteiger partial charge in [0.2, 0.25) is 5.91 Å². The minimum atomic E-state index is -0.398. The number of rotatable bonds is 11. The van der Waals surface area contributed by atoms with Crippen LogP contribution < -0.4 is 21.1 Å². The Balaban J connectivity index is 1.54. The van der Waals surface area contributed by atoms with Crippen molar-refractivity contribution in [2.45, 2.75) is 19.3 Å². The van der Waals surface area contributed by atoms with Crippen LogP contribution in [0.3, 0.4) is 0 Å². The number of benzene rings is 2. The van der Waals surface area contributed by atoms with Crippen LogP contribution in [0.15, 0.2) is 54.6 Å². The monoisotopic (exact) mass is 355 g/mol. The van der Waals surface area contributed by atoms with Crippen LogP contribution in [0, 0.1) is 0 Å². The standard InChI is InChI=1S/C20H25N3O3/c21-19(24)15-23-17-9-11-18(12-10-17)26-14-6-2-5-13-22-20(25)16-7-3-1-4-8-16/h1,3-4,7-12,23H,2,5-6,13-15H2,(H2,21,24)(H,22,25). The first-order chi connectivity index (χ1) is 12.6. The fourth-order valence-corrected chi connectivity index (χ4v) is 2.35. The zero-order valence-electron chi connectivity index (χ0n) is 14.7. The van der Waals surface area contributed by atoms with E-state index in [9.17, 15) is 9.59 Å². The molecule has 6 heteroatoms. The summed E-state index contributed by atoms with van der Waals surface area (Å²) in [5.41, 5.74) is 6.59. The van der Waals surface area contributed by atoms with Crippen molar-refractivity contribution in [1.82, 2.24) is 5.32 Å².